The van der Waals surface area contributed by atoms with Crippen molar-refractivity contribution in [2.45, 2.75) is 59.4 Å². The van der Waals surface area contributed by atoms with E-state index in [0.717, 1.165) is 6.54 Å². The van der Waals surface area contributed by atoms with Gasteiger partial charge in [-0.05, 0) is 45.7 Å². The lowest BCUT2D eigenvalue weighted by atomic mass is 10.1. The first-order valence-corrected chi connectivity index (χ1v) is 7.48. The highest BCUT2D eigenvalue weighted by Gasteiger charge is 2.16. The van der Waals surface area contributed by atoms with Crippen LogP contribution in [0.1, 0.15) is 38.8 Å². The van der Waals surface area contributed by atoms with Gasteiger partial charge in [-0.3, -0.25) is 4.90 Å². The molecule has 1 rings (SSSR count). The standard InChI is InChI=1S/C17H29NO2/c1-13(2)18(11-17(19)12-20-14(3)4)10-16-9-7-6-8-15(16)5/h6-9,13-14,17,19H,10-12H2,1-5H3/t17-/m1/s1. The van der Waals surface area contributed by atoms with Crippen LogP contribution in [0.4, 0.5) is 0 Å². The van der Waals surface area contributed by atoms with E-state index in [1.165, 1.54) is 11.1 Å². The molecule has 3 heteroatoms. The highest BCUT2D eigenvalue weighted by Crippen LogP contribution is 2.13. The van der Waals surface area contributed by atoms with Gasteiger partial charge < -0.3 is 9.84 Å². The van der Waals surface area contributed by atoms with Gasteiger partial charge in [-0.25, -0.2) is 0 Å². The van der Waals surface area contributed by atoms with Crippen molar-refractivity contribution in [1.82, 2.24) is 4.90 Å². The Labute approximate surface area is 123 Å². The number of nitrogens with zero attached hydrogens (tertiary/aromatic N) is 1. The maximum absolute atomic E-state index is 10.1. The van der Waals surface area contributed by atoms with Crippen LogP contribution in [0.5, 0.6) is 0 Å². The van der Waals surface area contributed by atoms with Crippen molar-refractivity contribution in [3.8, 4) is 0 Å². The van der Waals surface area contributed by atoms with Gasteiger partial charge in [-0.2, -0.15) is 0 Å². The molecule has 0 aliphatic carbocycles. The molecule has 1 aromatic rings. The Kier molecular flexibility index (Phi) is 7.20. The third kappa shape index (κ3) is 6.04. The Balaban J connectivity index is 2.59. The Bertz CT molecular complexity index is 390. The minimum absolute atomic E-state index is 0.161. The van der Waals surface area contributed by atoms with E-state index < -0.39 is 6.10 Å². The molecule has 0 fully saturated rings. The van der Waals surface area contributed by atoms with E-state index in [1.807, 2.05) is 13.8 Å². The third-order valence-electron chi connectivity index (χ3n) is 3.43. The highest BCUT2D eigenvalue weighted by molar-refractivity contribution is 5.25. The Hall–Kier alpha value is -0.900. The number of hydrogen-bond acceptors (Lipinski definition) is 3. The summed E-state index contributed by atoms with van der Waals surface area (Å²) in [6, 6.07) is 8.81. The molecule has 1 N–H and O–H groups in total. The van der Waals surface area contributed by atoms with Gasteiger partial charge in [-0.1, -0.05) is 24.3 Å². The quantitative estimate of drug-likeness (QED) is 0.794. The zero-order chi connectivity index (χ0) is 15.1. The number of aryl methyl sites for hydroxylation is 1. The lowest BCUT2D eigenvalue weighted by Crippen LogP contribution is -2.39. The molecule has 0 bridgehead atoms. The molecule has 0 spiro atoms. The van der Waals surface area contributed by atoms with E-state index in [9.17, 15) is 5.11 Å². The van der Waals surface area contributed by atoms with E-state index >= 15 is 0 Å². The number of aliphatic hydroxyl groups is 1. The maximum Gasteiger partial charge on any atom is 0.0900 e. The summed E-state index contributed by atoms with van der Waals surface area (Å²) in [5.74, 6) is 0. The predicted molar refractivity (Wildman–Crippen MR) is 83.8 cm³/mol. The van der Waals surface area contributed by atoms with Crippen molar-refractivity contribution in [1.29, 1.82) is 0 Å². The summed E-state index contributed by atoms with van der Waals surface area (Å²) in [5, 5.41) is 10.1. The Morgan fingerprint density at radius 1 is 1.15 bits per heavy atom. The molecule has 0 unspecified atom stereocenters. The summed E-state index contributed by atoms with van der Waals surface area (Å²) >= 11 is 0. The van der Waals surface area contributed by atoms with E-state index in [1.54, 1.807) is 0 Å². The zero-order valence-electron chi connectivity index (χ0n) is 13.5. The first-order valence-electron chi connectivity index (χ1n) is 7.48. The lowest BCUT2D eigenvalue weighted by Gasteiger charge is -2.29. The van der Waals surface area contributed by atoms with Gasteiger partial charge in [-0.15, -0.1) is 0 Å². The lowest BCUT2D eigenvalue weighted by molar-refractivity contribution is -0.0136. The summed E-state index contributed by atoms with van der Waals surface area (Å²) in [7, 11) is 0. The van der Waals surface area contributed by atoms with Crippen LogP contribution in [0.15, 0.2) is 24.3 Å². The molecule has 0 aliphatic heterocycles. The number of benzene rings is 1. The van der Waals surface area contributed by atoms with Crippen molar-refractivity contribution in [2.75, 3.05) is 13.2 Å². The van der Waals surface area contributed by atoms with Gasteiger partial charge in [0, 0.05) is 19.1 Å². The smallest absolute Gasteiger partial charge is 0.0900 e. The molecule has 20 heavy (non-hydrogen) atoms. The normalized spacial score (nSPS) is 13.4. The van der Waals surface area contributed by atoms with Crippen molar-refractivity contribution in [3.63, 3.8) is 0 Å². The summed E-state index contributed by atoms with van der Waals surface area (Å²) in [5.41, 5.74) is 2.62. The topological polar surface area (TPSA) is 32.7 Å². The number of aliphatic hydroxyl groups excluding tert-OH is 1. The first-order chi connectivity index (χ1) is 9.40. The van der Waals surface area contributed by atoms with Gasteiger partial charge in [0.1, 0.15) is 0 Å². The van der Waals surface area contributed by atoms with Crippen LogP contribution >= 0.6 is 0 Å². The van der Waals surface area contributed by atoms with E-state index in [2.05, 4.69) is 49.9 Å². The SMILES string of the molecule is Cc1ccccc1CN(C[C@@H](O)COC(C)C)C(C)C. The summed E-state index contributed by atoms with van der Waals surface area (Å²) in [6.07, 6.45) is -0.280. The average molecular weight is 279 g/mol. The monoisotopic (exact) mass is 279 g/mol. The Morgan fingerprint density at radius 2 is 1.80 bits per heavy atom. The maximum atomic E-state index is 10.1. The fraction of sp³-hybridized carbons (Fsp3) is 0.647. The highest BCUT2D eigenvalue weighted by atomic mass is 16.5. The van der Waals surface area contributed by atoms with Crippen LogP contribution in [-0.2, 0) is 11.3 Å². The molecule has 0 radical (unpaired) electrons. The summed E-state index contributed by atoms with van der Waals surface area (Å²) < 4.78 is 5.48. The van der Waals surface area contributed by atoms with E-state index in [0.29, 0.717) is 19.2 Å². The molecule has 0 aliphatic rings. The second-order valence-electron chi connectivity index (χ2n) is 5.99. The van der Waals surface area contributed by atoms with Crippen molar-refractivity contribution in [2.24, 2.45) is 0 Å². The van der Waals surface area contributed by atoms with Crippen molar-refractivity contribution in [3.05, 3.63) is 35.4 Å². The molecule has 0 saturated heterocycles. The zero-order valence-corrected chi connectivity index (χ0v) is 13.5. The molecule has 3 nitrogen and oxygen atoms in total. The molecule has 0 aromatic heterocycles. The van der Waals surface area contributed by atoms with Gasteiger partial charge >= 0.3 is 0 Å². The van der Waals surface area contributed by atoms with Gasteiger partial charge in [0.2, 0.25) is 0 Å². The molecule has 1 aromatic carbocycles. The first kappa shape index (κ1) is 17.2. The molecule has 0 heterocycles. The average Bonchev–Trinajstić information content (AvgIpc) is 2.38. The fourth-order valence-corrected chi connectivity index (χ4v) is 2.09. The molecule has 0 amide bonds. The molecule has 0 saturated carbocycles. The number of hydrogen-bond donors (Lipinski definition) is 1. The van der Waals surface area contributed by atoms with Crippen LogP contribution in [-0.4, -0.2) is 41.4 Å². The second-order valence-corrected chi connectivity index (χ2v) is 5.99. The molecular formula is C17H29NO2. The number of rotatable bonds is 8. The molecule has 114 valence electrons. The van der Waals surface area contributed by atoms with E-state index in [-0.39, 0.29) is 6.10 Å². The van der Waals surface area contributed by atoms with Crippen molar-refractivity contribution >= 4 is 0 Å². The van der Waals surface area contributed by atoms with Crippen LogP contribution in [0, 0.1) is 6.92 Å². The fourth-order valence-electron chi connectivity index (χ4n) is 2.09. The van der Waals surface area contributed by atoms with Crippen LogP contribution < -0.4 is 0 Å². The van der Waals surface area contributed by atoms with Gasteiger partial charge in [0.15, 0.2) is 0 Å². The van der Waals surface area contributed by atoms with Crippen LogP contribution in [0.3, 0.4) is 0 Å². The van der Waals surface area contributed by atoms with Gasteiger partial charge in [0.25, 0.3) is 0 Å². The van der Waals surface area contributed by atoms with Crippen molar-refractivity contribution < 1.29 is 9.84 Å². The minimum Gasteiger partial charge on any atom is -0.389 e. The third-order valence-corrected chi connectivity index (χ3v) is 3.43. The Morgan fingerprint density at radius 3 is 2.35 bits per heavy atom. The largest absolute Gasteiger partial charge is 0.389 e. The van der Waals surface area contributed by atoms with Gasteiger partial charge in [0.05, 0.1) is 18.8 Å². The van der Waals surface area contributed by atoms with Crippen LogP contribution in [0.25, 0.3) is 0 Å². The van der Waals surface area contributed by atoms with Crippen LogP contribution in [0.2, 0.25) is 0 Å². The summed E-state index contributed by atoms with van der Waals surface area (Å²) in [4.78, 5) is 2.29. The van der Waals surface area contributed by atoms with E-state index in [4.69, 9.17) is 4.74 Å². The molecule has 1 atom stereocenters. The summed E-state index contributed by atoms with van der Waals surface area (Å²) in [6.45, 7) is 12.3. The number of ether oxygens (including phenoxy) is 1. The molecular weight excluding hydrogens is 250 g/mol. The second kappa shape index (κ2) is 8.40. The minimum atomic E-state index is -0.441. The predicted octanol–water partition coefficient (Wildman–Crippen LogP) is 2.99.